The van der Waals surface area contributed by atoms with Crippen LogP contribution in [-0.2, 0) is 0 Å². The SMILES string of the molecule is Cc1cc(NCCOc2ccccc2N)ccc1C#N. The number of ether oxygens (including phenoxy) is 1. The Kier molecular flexibility index (Phi) is 4.46. The van der Waals surface area contributed by atoms with Crippen molar-refractivity contribution in [1.29, 1.82) is 5.26 Å². The second kappa shape index (κ2) is 6.48. The van der Waals surface area contributed by atoms with Gasteiger partial charge in [0.05, 0.1) is 17.3 Å². The number of nitrogen functional groups attached to an aromatic ring is 1. The van der Waals surface area contributed by atoms with E-state index in [1.165, 1.54) is 0 Å². The molecular weight excluding hydrogens is 250 g/mol. The van der Waals surface area contributed by atoms with Crippen LogP contribution in [0, 0.1) is 18.3 Å². The number of nitriles is 1. The summed E-state index contributed by atoms with van der Waals surface area (Å²) in [5.74, 6) is 0.699. The van der Waals surface area contributed by atoms with Crippen molar-refractivity contribution in [2.24, 2.45) is 0 Å². The van der Waals surface area contributed by atoms with E-state index in [4.69, 9.17) is 15.7 Å². The summed E-state index contributed by atoms with van der Waals surface area (Å²) >= 11 is 0. The molecule has 0 atom stereocenters. The van der Waals surface area contributed by atoms with E-state index in [9.17, 15) is 0 Å². The van der Waals surface area contributed by atoms with Crippen LogP contribution >= 0.6 is 0 Å². The Labute approximate surface area is 118 Å². The van der Waals surface area contributed by atoms with Gasteiger partial charge in [-0.15, -0.1) is 0 Å². The molecule has 0 aromatic heterocycles. The van der Waals surface area contributed by atoms with Crippen LogP contribution in [-0.4, -0.2) is 13.2 Å². The molecule has 2 aromatic carbocycles. The maximum atomic E-state index is 8.87. The van der Waals surface area contributed by atoms with Gasteiger partial charge in [0, 0.05) is 12.2 Å². The minimum absolute atomic E-state index is 0.521. The van der Waals surface area contributed by atoms with E-state index in [1.807, 2.05) is 49.4 Å². The predicted octanol–water partition coefficient (Wildman–Crippen LogP) is 2.94. The summed E-state index contributed by atoms with van der Waals surface area (Å²) in [5, 5.41) is 12.1. The number of nitrogens with two attached hydrogens (primary N) is 1. The number of anilines is 2. The molecule has 0 aliphatic carbocycles. The first-order valence-corrected chi connectivity index (χ1v) is 6.42. The van der Waals surface area contributed by atoms with Crippen molar-refractivity contribution < 1.29 is 4.74 Å². The Morgan fingerprint density at radius 2 is 2.05 bits per heavy atom. The third-order valence-corrected chi connectivity index (χ3v) is 2.95. The zero-order valence-electron chi connectivity index (χ0n) is 11.4. The largest absolute Gasteiger partial charge is 0.490 e. The fourth-order valence-corrected chi connectivity index (χ4v) is 1.87. The van der Waals surface area contributed by atoms with Gasteiger partial charge in [0.15, 0.2) is 0 Å². The number of nitrogens with zero attached hydrogens (tertiary/aromatic N) is 1. The van der Waals surface area contributed by atoms with E-state index in [1.54, 1.807) is 0 Å². The molecule has 0 fully saturated rings. The normalized spacial score (nSPS) is 9.80. The van der Waals surface area contributed by atoms with E-state index in [0.717, 1.165) is 11.3 Å². The standard InChI is InChI=1S/C16H17N3O/c1-12-10-14(7-6-13(12)11-17)19-8-9-20-16-5-3-2-4-15(16)18/h2-7,10,19H,8-9,18H2,1H3. The van der Waals surface area contributed by atoms with E-state index in [-0.39, 0.29) is 0 Å². The molecule has 0 bridgehead atoms. The van der Waals surface area contributed by atoms with Crippen molar-refractivity contribution in [3.8, 4) is 11.8 Å². The van der Waals surface area contributed by atoms with Gasteiger partial charge in [0.2, 0.25) is 0 Å². The minimum atomic E-state index is 0.521. The van der Waals surface area contributed by atoms with Crippen LogP contribution in [0.4, 0.5) is 11.4 Å². The molecule has 0 saturated carbocycles. The molecule has 0 aliphatic heterocycles. The number of nitrogens with one attached hydrogen (secondary N) is 1. The van der Waals surface area contributed by atoms with Crippen molar-refractivity contribution in [1.82, 2.24) is 0 Å². The second-order valence-electron chi connectivity index (χ2n) is 4.45. The lowest BCUT2D eigenvalue weighted by molar-refractivity contribution is 0.334. The van der Waals surface area contributed by atoms with Crippen LogP contribution in [0.15, 0.2) is 42.5 Å². The zero-order valence-corrected chi connectivity index (χ0v) is 11.4. The van der Waals surface area contributed by atoms with E-state index in [2.05, 4.69) is 11.4 Å². The molecule has 102 valence electrons. The summed E-state index contributed by atoms with van der Waals surface area (Å²) in [6, 6.07) is 15.2. The molecule has 3 N–H and O–H groups in total. The highest BCUT2D eigenvalue weighted by molar-refractivity contribution is 5.52. The highest BCUT2D eigenvalue weighted by Gasteiger charge is 2.00. The molecule has 0 heterocycles. The summed E-state index contributed by atoms with van der Waals surface area (Å²) in [6.45, 7) is 3.11. The Morgan fingerprint density at radius 1 is 1.25 bits per heavy atom. The number of rotatable bonds is 5. The van der Waals surface area contributed by atoms with Crippen molar-refractivity contribution in [3.63, 3.8) is 0 Å². The third-order valence-electron chi connectivity index (χ3n) is 2.95. The van der Waals surface area contributed by atoms with Crippen molar-refractivity contribution in [2.75, 3.05) is 24.2 Å². The lowest BCUT2D eigenvalue weighted by Crippen LogP contribution is -2.12. The molecule has 2 rings (SSSR count). The first-order valence-electron chi connectivity index (χ1n) is 6.42. The summed E-state index contributed by atoms with van der Waals surface area (Å²) in [5.41, 5.74) is 9.07. The molecule has 0 unspecified atom stereocenters. The van der Waals surface area contributed by atoms with Gasteiger partial charge in [0.25, 0.3) is 0 Å². The van der Waals surface area contributed by atoms with Gasteiger partial charge < -0.3 is 15.8 Å². The van der Waals surface area contributed by atoms with Gasteiger partial charge in [-0.3, -0.25) is 0 Å². The number of aryl methyl sites for hydroxylation is 1. The van der Waals surface area contributed by atoms with E-state index >= 15 is 0 Å². The Hall–Kier alpha value is -2.67. The summed E-state index contributed by atoms with van der Waals surface area (Å²) in [7, 11) is 0. The van der Waals surface area contributed by atoms with Crippen LogP contribution in [0.25, 0.3) is 0 Å². The Morgan fingerprint density at radius 3 is 2.75 bits per heavy atom. The molecule has 2 aromatic rings. The van der Waals surface area contributed by atoms with Gasteiger partial charge >= 0.3 is 0 Å². The van der Waals surface area contributed by atoms with Gasteiger partial charge in [-0.2, -0.15) is 5.26 Å². The van der Waals surface area contributed by atoms with Gasteiger partial charge in [-0.25, -0.2) is 0 Å². The molecule has 0 spiro atoms. The quantitative estimate of drug-likeness (QED) is 0.645. The number of hydrogen-bond donors (Lipinski definition) is 2. The smallest absolute Gasteiger partial charge is 0.142 e. The minimum Gasteiger partial charge on any atom is -0.490 e. The average molecular weight is 267 g/mol. The average Bonchev–Trinajstić information content (AvgIpc) is 2.45. The zero-order chi connectivity index (χ0) is 14.4. The lowest BCUT2D eigenvalue weighted by Gasteiger charge is -2.10. The molecule has 0 amide bonds. The molecule has 4 nitrogen and oxygen atoms in total. The van der Waals surface area contributed by atoms with Gasteiger partial charge in [0.1, 0.15) is 12.4 Å². The summed E-state index contributed by atoms with van der Waals surface area (Å²) < 4.78 is 5.59. The molecule has 0 aliphatic rings. The maximum Gasteiger partial charge on any atom is 0.142 e. The van der Waals surface area contributed by atoms with Crippen molar-refractivity contribution >= 4 is 11.4 Å². The van der Waals surface area contributed by atoms with Crippen LogP contribution in [0.3, 0.4) is 0 Å². The third kappa shape index (κ3) is 3.42. The first kappa shape index (κ1) is 13.8. The van der Waals surface area contributed by atoms with Crippen LogP contribution in [0.5, 0.6) is 5.75 Å². The van der Waals surface area contributed by atoms with Crippen LogP contribution in [0.2, 0.25) is 0 Å². The van der Waals surface area contributed by atoms with Crippen molar-refractivity contribution in [2.45, 2.75) is 6.92 Å². The Balaban J connectivity index is 1.83. The number of benzene rings is 2. The predicted molar refractivity (Wildman–Crippen MR) is 80.7 cm³/mol. The van der Waals surface area contributed by atoms with Crippen LogP contribution in [0.1, 0.15) is 11.1 Å². The van der Waals surface area contributed by atoms with Gasteiger partial charge in [-0.1, -0.05) is 12.1 Å². The molecule has 0 radical (unpaired) electrons. The van der Waals surface area contributed by atoms with Crippen LogP contribution < -0.4 is 15.8 Å². The topological polar surface area (TPSA) is 71.1 Å². The maximum absolute atomic E-state index is 8.87. The highest BCUT2D eigenvalue weighted by Crippen LogP contribution is 2.19. The monoisotopic (exact) mass is 267 g/mol. The lowest BCUT2D eigenvalue weighted by atomic mass is 10.1. The molecule has 4 heteroatoms. The van der Waals surface area contributed by atoms with E-state index < -0.39 is 0 Å². The fourth-order valence-electron chi connectivity index (χ4n) is 1.87. The molecule has 20 heavy (non-hydrogen) atoms. The second-order valence-corrected chi connectivity index (χ2v) is 4.45. The molecule has 0 saturated heterocycles. The number of hydrogen-bond acceptors (Lipinski definition) is 4. The first-order chi connectivity index (χ1) is 9.70. The van der Waals surface area contributed by atoms with Crippen molar-refractivity contribution in [3.05, 3.63) is 53.6 Å². The summed E-state index contributed by atoms with van der Waals surface area (Å²) in [4.78, 5) is 0. The Bertz CT molecular complexity index is 632. The van der Waals surface area contributed by atoms with E-state index in [0.29, 0.717) is 30.2 Å². The molecular formula is C16H17N3O. The fraction of sp³-hybridized carbons (Fsp3) is 0.188. The number of para-hydroxylation sites is 2. The highest BCUT2D eigenvalue weighted by atomic mass is 16.5. The van der Waals surface area contributed by atoms with Gasteiger partial charge in [-0.05, 0) is 42.8 Å². The summed E-state index contributed by atoms with van der Waals surface area (Å²) in [6.07, 6.45) is 0.